The number of thioether (sulfide) groups is 1. The fourth-order valence-electron chi connectivity index (χ4n) is 2.99. The van der Waals surface area contributed by atoms with Crippen LogP contribution in [0, 0.1) is 0 Å². The summed E-state index contributed by atoms with van der Waals surface area (Å²) in [5.74, 6) is 0.505. The molecule has 0 bridgehead atoms. The number of fused-ring (bicyclic) bond motifs is 1. The van der Waals surface area contributed by atoms with Gasteiger partial charge in [0.15, 0.2) is 0 Å². The fraction of sp³-hybridized carbons (Fsp3) is 0.158. The van der Waals surface area contributed by atoms with Gasteiger partial charge >= 0.3 is 6.18 Å². The number of nitrogens with one attached hydrogen (secondary N) is 1. The van der Waals surface area contributed by atoms with Crippen molar-refractivity contribution in [1.29, 1.82) is 0 Å². The number of amides is 1. The molecule has 1 N–H and O–H groups in total. The van der Waals surface area contributed by atoms with Crippen LogP contribution in [-0.2, 0) is 12.7 Å². The summed E-state index contributed by atoms with van der Waals surface area (Å²) in [5.41, 5.74) is 0.609. The Bertz CT molecular complexity index is 1170. The van der Waals surface area contributed by atoms with E-state index in [-0.39, 0.29) is 17.5 Å². The minimum Gasteiger partial charge on any atom is -0.300 e. The Morgan fingerprint density at radius 2 is 2.14 bits per heavy atom. The van der Waals surface area contributed by atoms with E-state index >= 15 is 0 Å². The first-order chi connectivity index (χ1) is 13.8. The lowest BCUT2D eigenvalue weighted by Gasteiger charge is -2.11. The molecule has 0 aliphatic carbocycles. The van der Waals surface area contributed by atoms with Crippen LogP contribution in [0.15, 0.2) is 52.6 Å². The number of nitrogens with zero attached hydrogens (tertiary/aromatic N) is 4. The number of carbonyl (C=O) groups excluding carboxylic acids is 1. The average Bonchev–Trinajstić information content (AvgIpc) is 3.23. The normalized spacial score (nSPS) is 17.4. The van der Waals surface area contributed by atoms with E-state index in [0.29, 0.717) is 16.3 Å². The van der Waals surface area contributed by atoms with E-state index < -0.39 is 11.7 Å². The number of hydrogen-bond acceptors (Lipinski definition) is 5. The van der Waals surface area contributed by atoms with Gasteiger partial charge in [-0.05, 0) is 47.7 Å². The van der Waals surface area contributed by atoms with Crippen LogP contribution in [0.3, 0.4) is 0 Å². The Morgan fingerprint density at radius 1 is 1.31 bits per heavy atom. The third-order valence-corrected chi connectivity index (χ3v) is 5.08. The maximum absolute atomic E-state index is 13.2. The van der Waals surface area contributed by atoms with Crippen molar-refractivity contribution in [3.05, 3.63) is 64.5 Å². The molecule has 3 aromatic rings. The highest BCUT2D eigenvalue weighted by Crippen LogP contribution is 2.31. The van der Waals surface area contributed by atoms with Gasteiger partial charge in [-0.1, -0.05) is 6.07 Å². The zero-order valence-corrected chi connectivity index (χ0v) is 15.9. The van der Waals surface area contributed by atoms with E-state index in [1.807, 2.05) is 18.2 Å². The summed E-state index contributed by atoms with van der Waals surface area (Å²) in [6.07, 6.45) is 0.354. The number of halogens is 3. The fourth-order valence-corrected chi connectivity index (χ4v) is 3.77. The quantitative estimate of drug-likeness (QED) is 0.689. The van der Waals surface area contributed by atoms with Crippen molar-refractivity contribution >= 4 is 39.8 Å². The Morgan fingerprint density at radius 3 is 2.90 bits per heavy atom. The van der Waals surface area contributed by atoms with Crippen LogP contribution in [0.25, 0.3) is 17.0 Å². The number of rotatable bonds is 3. The minimum atomic E-state index is -4.47. The third kappa shape index (κ3) is 4.02. The minimum absolute atomic E-state index is 0.0918. The maximum atomic E-state index is 13.2. The SMILES string of the molecule is CN=C1NC(=O)S/C1=C\c1ccc2nn(Cc3ncccc3C(F)(F)F)cc2c1. The van der Waals surface area contributed by atoms with E-state index in [0.717, 1.165) is 28.8 Å². The lowest BCUT2D eigenvalue weighted by molar-refractivity contribution is -0.138. The topological polar surface area (TPSA) is 72.2 Å². The average molecular weight is 417 g/mol. The van der Waals surface area contributed by atoms with Gasteiger partial charge in [-0.2, -0.15) is 18.3 Å². The molecule has 1 saturated heterocycles. The molecule has 148 valence electrons. The van der Waals surface area contributed by atoms with Crippen molar-refractivity contribution in [3.8, 4) is 0 Å². The lowest BCUT2D eigenvalue weighted by Crippen LogP contribution is -2.18. The van der Waals surface area contributed by atoms with Crippen molar-refractivity contribution in [1.82, 2.24) is 20.1 Å². The Labute approximate surface area is 167 Å². The van der Waals surface area contributed by atoms with Gasteiger partial charge < -0.3 is 5.32 Å². The second kappa shape index (κ2) is 7.36. The van der Waals surface area contributed by atoms with E-state index in [9.17, 15) is 18.0 Å². The monoisotopic (exact) mass is 417 g/mol. The smallest absolute Gasteiger partial charge is 0.300 e. The molecule has 0 radical (unpaired) electrons. The largest absolute Gasteiger partial charge is 0.418 e. The van der Waals surface area contributed by atoms with E-state index in [2.05, 4.69) is 20.4 Å². The molecule has 4 rings (SSSR count). The number of alkyl halides is 3. The number of aliphatic imine (C=N–C) groups is 1. The third-order valence-electron chi connectivity index (χ3n) is 4.26. The van der Waals surface area contributed by atoms with Gasteiger partial charge in [0.2, 0.25) is 0 Å². The highest BCUT2D eigenvalue weighted by Gasteiger charge is 2.33. The Hall–Kier alpha value is -3.14. The first kappa shape index (κ1) is 19.2. The van der Waals surface area contributed by atoms with Crippen LogP contribution in [0.5, 0.6) is 0 Å². The van der Waals surface area contributed by atoms with Crippen LogP contribution < -0.4 is 5.32 Å². The number of benzene rings is 1. The highest BCUT2D eigenvalue weighted by molar-refractivity contribution is 8.18. The zero-order valence-electron chi connectivity index (χ0n) is 15.1. The van der Waals surface area contributed by atoms with Crippen LogP contribution in [-0.4, -0.2) is 32.9 Å². The molecule has 0 saturated carbocycles. The van der Waals surface area contributed by atoms with Crippen molar-refractivity contribution in [2.75, 3.05) is 7.05 Å². The van der Waals surface area contributed by atoms with Crippen LogP contribution >= 0.6 is 11.8 Å². The Balaban J connectivity index is 1.64. The van der Waals surface area contributed by atoms with Gasteiger partial charge in [-0.3, -0.25) is 19.5 Å². The van der Waals surface area contributed by atoms with Crippen LogP contribution in [0.2, 0.25) is 0 Å². The summed E-state index contributed by atoms with van der Waals surface area (Å²) in [6.45, 7) is -0.0955. The second-order valence-electron chi connectivity index (χ2n) is 6.24. The van der Waals surface area contributed by atoms with Crippen LogP contribution in [0.4, 0.5) is 18.0 Å². The number of pyridine rings is 1. The first-order valence-electron chi connectivity index (χ1n) is 8.49. The maximum Gasteiger partial charge on any atom is 0.418 e. The molecular weight excluding hydrogens is 403 g/mol. The molecule has 10 heteroatoms. The zero-order chi connectivity index (χ0) is 20.6. The number of aromatic nitrogens is 3. The van der Waals surface area contributed by atoms with E-state index in [4.69, 9.17) is 0 Å². The van der Waals surface area contributed by atoms with Gasteiger partial charge in [0.1, 0.15) is 5.84 Å². The van der Waals surface area contributed by atoms with E-state index in [1.165, 1.54) is 16.9 Å². The summed E-state index contributed by atoms with van der Waals surface area (Å²) in [6, 6.07) is 7.73. The van der Waals surface area contributed by atoms with E-state index in [1.54, 1.807) is 19.3 Å². The molecular formula is C19H14F3N5OS. The van der Waals surface area contributed by atoms with Crippen molar-refractivity contribution in [2.45, 2.75) is 12.7 Å². The molecule has 0 spiro atoms. The number of amidine groups is 1. The highest BCUT2D eigenvalue weighted by atomic mass is 32.2. The molecule has 1 amide bonds. The summed E-state index contributed by atoms with van der Waals surface area (Å²) >= 11 is 1.05. The predicted octanol–water partition coefficient (Wildman–Crippen LogP) is 4.32. The second-order valence-corrected chi connectivity index (χ2v) is 7.25. The molecule has 1 aliphatic heterocycles. The van der Waals surface area contributed by atoms with Crippen LogP contribution in [0.1, 0.15) is 16.8 Å². The van der Waals surface area contributed by atoms with Gasteiger partial charge in [0.05, 0.1) is 28.2 Å². The molecule has 1 aliphatic rings. The summed E-state index contributed by atoms with van der Waals surface area (Å²) in [4.78, 5) is 20.1. The van der Waals surface area contributed by atoms with Crippen molar-refractivity contribution < 1.29 is 18.0 Å². The Kier molecular flexibility index (Phi) is 4.87. The van der Waals surface area contributed by atoms with Gasteiger partial charge in [0, 0.05) is 24.8 Å². The van der Waals surface area contributed by atoms with Gasteiger partial charge in [-0.15, -0.1) is 0 Å². The molecule has 6 nitrogen and oxygen atoms in total. The summed E-state index contributed by atoms with van der Waals surface area (Å²) in [5, 5.41) is 7.56. The van der Waals surface area contributed by atoms with Gasteiger partial charge in [0.25, 0.3) is 5.24 Å². The lowest BCUT2D eigenvalue weighted by atomic mass is 10.1. The standard InChI is InChI=1S/C19H14F3N5OS/c1-23-17-16(29-18(28)25-17)8-11-4-5-14-12(7-11)9-27(26-14)10-15-13(19(20,21)22)3-2-6-24-15/h2-9H,10H2,1H3,(H,23,25,28)/b16-8-. The molecule has 2 aromatic heterocycles. The van der Waals surface area contributed by atoms with Crippen molar-refractivity contribution in [2.24, 2.45) is 4.99 Å². The molecule has 29 heavy (non-hydrogen) atoms. The number of hydrogen-bond donors (Lipinski definition) is 1. The molecule has 0 unspecified atom stereocenters. The number of carbonyl (C=O) groups is 1. The summed E-state index contributed by atoms with van der Waals surface area (Å²) < 4.78 is 41.0. The first-order valence-corrected chi connectivity index (χ1v) is 9.31. The summed E-state index contributed by atoms with van der Waals surface area (Å²) in [7, 11) is 1.59. The molecule has 1 fully saturated rings. The molecule has 3 heterocycles. The van der Waals surface area contributed by atoms with Crippen molar-refractivity contribution in [3.63, 3.8) is 0 Å². The molecule has 0 atom stereocenters. The van der Waals surface area contributed by atoms with Gasteiger partial charge in [-0.25, -0.2) is 0 Å². The molecule has 1 aromatic carbocycles. The predicted molar refractivity (Wildman–Crippen MR) is 106 cm³/mol.